The molecule has 0 radical (unpaired) electrons. The van der Waals surface area contributed by atoms with E-state index in [2.05, 4.69) is 45.2 Å². The Morgan fingerprint density at radius 1 is 1.25 bits per heavy atom. The molecule has 0 saturated heterocycles. The second-order valence-electron chi connectivity index (χ2n) is 8.11. The van der Waals surface area contributed by atoms with Crippen LogP contribution in [-0.2, 0) is 33.1 Å². The highest BCUT2D eigenvalue weighted by Gasteiger charge is 2.22. The van der Waals surface area contributed by atoms with Crippen LogP contribution in [-0.4, -0.2) is 46.3 Å². The predicted molar refractivity (Wildman–Crippen MR) is 105 cm³/mol. The third-order valence-electron chi connectivity index (χ3n) is 5.23. The van der Waals surface area contributed by atoms with Crippen LogP contribution < -0.4 is 0 Å². The van der Waals surface area contributed by atoms with Crippen molar-refractivity contribution in [3.63, 3.8) is 0 Å². The molecule has 0 amide bonds. The number of aliphatic hydroxyl groups is 1. The molecule has 1 atom stereocenters. The van der Waals surface area contributed by atoms with Crippen LogP contribution >= 0.6 is 0 Å². The third kappa shape index (κ3) is 4.02. The minimum atomic E-state index is -0.758. The maximum Gasteiger partial charge on any atom is 0.139 e. The number of nitrogens with zero attached hydrogens (tertiary/aromatic N) is 6. The van der Waals surface area contributed by atoms with Crippen LogP contribution in [0.4, 0.5) is 0 Å². The van der Waals surface area contributed by atoms with Gasteiger partial charge in [0.25, 0.3) is 0 Å². The first kappa shape index (κ1) is 18.9. The second-order valence-corrected chi connectivity index (χ2v) is 8.11. The van der Waals surface area contributed by atoms with Gasteiger partial charge in [-0.25, -0.2) is 0 Å². The molecule has 150 valence electrons. The summed E-state index contributed by atoms with van der Waals surface area (Å²) in [5.41, 5.74) is 4.85. The molecular weight excluding hydrogens is 354 g/mol. The molecule has 28 heavy (non-hydrogen) atoms. The molecule has 8 nitrogen and oxygen atoms in total. The lowest BCUT2D eigenvalue weighted by molar-refractivity contribution is 0.203. The fraction of sp³-hybridized carbons (Fsp3) is 0.550. The lowest BCUT2D eigenvalue weighted by Gasteiger charge is -2.18. The van der Waals surface area contributed by atoms with Crippen LogP contribution in [0, 0.1) is 5.92 Å². The van der Waals surface area contributed by atoms with Crippen molar-refractivity contribution in [3.8, 4) is 0 Å². The number of fused-ring (bicyclic) bond motifs is 1. The van der Waals surface area contributed by atoms with E-state index >= 15 is 0 Å². The summed E-state index contributed by atoms with van der Waals surface area (Å²) in [5.74, 6) is 0.605. The zero-order chi connectivity index (χ0) is 19.7. The first-order chi connectivity index (χ1) is 13.5. The van der Waals surface area contributed by atoms with E-state index in [1.807, 2.05) is 23.9 Å². The van der Waals surface area contributed by atoms with Gasteiger partial charge in [-0.1, -0.05) is 13.8 Å². The molecule has 3 aromatic heterocycles. The summed E-state index contributed by atoms with van der Waals surface area (Å²) in [4.78, 5) is 2.41. The number of rotatable bonds is 6. The Morgan fingerprint density at radius 2 is 2.11 bits per heavy atom. The summed E-state index contributed by atoms with van der Waals surface area (Å²) >= 11 is 0. The van der Waals surface area contributed by atoms with Crippen molar-refractivity contribution in [3.05, 3.63) is 52.9 Å². The fourth-order valence-electron chi connectivity index (χ4n) is 3.88. The number of aliphatic hydroxyl groups excluding tert-OH is 1. The van der Waals surface area contributed by atoms with Gasteiger partial charge in [0.1, 0.15) is 6.10 Å². The van der Waals surface area contributed by atoms with Gasteiger partial charge in [-0.05, 0) is 37.0 Å². The summed E-state index contributed by atoms with van der Waals surface area (Å²) in [5, 5.41) is 27.1. The third-order valence-corrected chi connectivity index (χ3v) is 5.23. The maximum absolute atomic E-state index is 10.7. The topological polar surface area (TPSA) is 87.8 Å². The van der Waals surface area contributed by atoms with Gasteiger partial charge in [-0.15, -0.1) is 0 Å². The number of hydrogen-bond acceptors (Lipinski definition) is 5. The van der Waals surface area contributed by atoms with Gasteiger partial charge in [0.15, 0.2) is 0 Å². The Bertz CT molecular complexity index is 923. The van der Waals surface area contributed by atoms with Crippen molar-refractivity contribution in [2.24, 2.45) is 13.0 Å². The molecule has 8 heteroatoms. The lowest BCUT2D eigenvalue weighted by Crippen LogP contribution is -2.23. The van der Waals surface area contributed by atoms with Crippen molar-refractivity contribution in [2.75, 3.05) is 6.54 Å². The van der Waals surface area contributed by atoms with E-state index < -0.39 is 6.10 Å². The van der Waals surface area contributed by atoms with E-state index in [4.69, 9.17) is 0 Å². The Morgan fingerprint density at radius 3 is 2.86 bits per heavy atom. The van der Waals surface area contributed by atoms with Crippen LogP contribution in [0.3, 0.4) is 0 Å². The van der Waals surface area contributed by atoms with Crippen molar-refractivity contribution >= 4 is 0 Å². The number of aromatic nitrogens is 6. The average Bonchev–Trinajstić information content (AvgIpc) is 3.33. The Labute approximate surface area is 165 Å². The second kappa shape index (κ2) is 7.89. The van der Waals surface area contributed by atoms with E-state index in [1.54, 1.807) is 10.9 Å². The highest BCUT2D eigenvalue weighted by atomic mass is 16.3. The molecule has 2 N–H and O–H groups in total. The molecule has 3 aromatic rings. The largest absolute Gasteiger partial charge is 0.380 e. The Kier molecular flexibility index (Phi) is 5.32. The normalized spacial score (nSPS) is 16.3. The van der Waals surface area contributed by atoms with E-state index in [9.17, 15) is 5.11 Å². The Balaban J connectivity index is 1.47. The first-order valence-corrected chi connectivity index (χ1v) is 9.97. The van der Waals surface area contributed by atoms with Crippen molar-refractivity contribution in [1.29, 1.82) is 0 Å². The number of aromatic amines is 1. The van der Waals surface area contributed by atoms with Crippen LogP contribution in [0.15, 0.2) is 24.4 Å². The Hall–Kier alpha value is -2.45. The summed E-state index contributed by atoms with van der Waals surface area (Å²) in [6.45, 7) is 7.95. The molecule has 0 unspecified atom stereocenters. The molecule has 1 aliphatic heterocycles. The van der Waals surface area contributed by atoms with Gasteiger partial charge in [0, 0.05) is 45.1 Å². The standard InChI is InChI=1S/C20H29N7O/c1-14(2)9-15-10-16(23-22-15)12-26-7-4-8-27-17(13-26)11-18(24-27)20(28)19-5-6-21-25(19)3/h5-6,10-11,14,20,28H,4,7-9,12-13H2,1-3H3,(H,22,23)/t20-/m0/s1. The molecule has 0 fully saturated rings. The quantitative estimate of drug-likeness (QED) is 0.680. The molecule has 0 aromatic carbocycles. The molecule has 4 heterocycles. The molecule has 4 rings (SSSR count). The van der Waals surface area contributed by atoms with Gasteiger partial charge in [0.05, 0.1) is 22.8 Å². The number of nitrogens with one attached hydrogen (secondary N) is 1. The number of H-pyrrole nitrogens is 1. The van der Waals surface area contributed by atoms with Gasteiger partial charge in [0.2, 0.25) is 0 Å². The monoisotopic (exact) mass is 383 g/mol. The minimum absolute atomic E-state index is 0.605. The van der Waals surface area contributed by atoms with Crippen molar-refractivity contribution in [1.82, 2.24) is 34.7 Å². The molecule has 0 bridgehead atoms. The summed E-state index contributed by atoms with van der Waals surface area (Å²) < 4.78 is 3.72. The van der Waals surface area contributed by atoms with E-state index in [0.29, 0.717) is 11.6 Å². The zero-order valence-electron chi connectivity index (χ0n) is 16.8. The van der Waals surface area contributed by atoms with E-state index in [0.717, 1.165) is 61.8 Å². The molecule has 0 aliphatic carbocycles. The molecular formula is C20H29N7O. The summed E-state index contributed by atoms with van der Waals surface area (Å²) in [6, 6.07) is 6.03. The van der Waals surface area contributed by atoms with Crippen LogP contribution in [0.1, 0.15) is 54.8 Å². The average molecular weight is 384 g/mol. The molecule has 0 saturated carbocycles. The smallest absolute Gasteiger partial charge is 0.139 e. The number of hydrogen-bond donors (Lipinski definition) is 2. The zero-order valence-corrected chi connectivity index (χ0v) is 16.8. The van der Waals surface area contributed by atoms with Crippen LogP contribution in [0.25, 0.3) is 0 Å². The highest BCUT2D eigenvalue weighted by Crippen LogP contribution is 2.23. The summed E-state index contributed by atoms with van der Waals surface area (Å²) in [6.07, 6.45) is 2.97. The summed E-state index contributed by atoms with van der Waals surface area (Å²) in [7, 11) is 1.83. The maximum atomic E-state index is 10.7. The first-order valence-electron chi connectivity index (χ1n) is 9.97. The molecule has 1 aliphatic rings. The fourth-order valence-corrected chi connectivity index (χ4v) is 3.88. The minimum Gasteiger partial charge on any atom is -0.380 e. The van der Waals surface area contributed by atoms with Gasteiger partial charge in [-0.3, -0.25) is 19.4 Å². The van der Waals surface area contributed by atoms with Gasteiger partial charge in [-0.2, -0.15) is 15.3 Å². The SMILES string of the molecule is CC(C)Cc1cc(CN2CCCn3nc([C@H](O)c4ccnn4C)cc3C2)[nH]n1. The number of aryl methyl sites for hydroxylation is 2. The van der Waals surface area contributed by atoms with Crippen molar-refractivity contribution < 1.29 is 5.11 Å². The predicted octanol–water partition coefficient (Wildman–Crippen LogP) is 2.03. The molecule has 0 spiro atoms. The lowest BCUT2D eigenvalue weighted by atomic mass is 10.1. The van der Waals surface area contributed by atoms with Gasteiger partial charge >= 0.3 is 0 Å². The van der Waals surface area contributed by atoms with E-state index in [1.165, 1.54) is 0 Å². The van der Waals surface area contributed by atoms with E-state index in [-0.39, 0.29) is 0 Å². The highest BCUT2D eigenvalue weighted by molar-refractivity contribution is 5.22. The van der Waals surface area contributed by atoms with Crippen LogP contribution in [0.5, 0.6) is 0 Å². The van der Waals surface area contributed by atoms with Crippen LogP contribution in [0.2, 0.25) is 0 Å². The van der Waals surface area contributed by atoms with Crippen molar-refractivity contribution in [2.45, 2.75) is 52.4 Å². The van der Waals surface area contributed by atoms with Gasteiger partial charge < -0.3 is 5.11 Å².